The molecule has 1 saturated heterocycles. The quantitative estimate of drug-likeness (QED) is 0.863. The van der Waals surface area contributed by atoms with Gasteiger partial charge in [0.25, 0.3) is 0 Å². The van der Waals surface area contributed by atoms with Crippen molar-refractivity contribution in [2.75, 3.05) is 27.4 Å². The standard InChI is InChI=1S/C15H23NO4/c1-15(2)19-10-14(20-15)9-16-8-11-5-12(17-3)7-13(6-11)18-4/h5-7,14,16H,8-10H2,1-4H3. The Morgan fingerprint density at radius 2 is 1.85 bits per heavy atom. The SMILES string of the molecule is COc1cc(CNCC2COC(C)(C)O2)cc(OC)c1. The van der Waals surface area contributed by atoms with Gasteiger partial charge < -0.3 is 24.3 Å². The monoisotopic (exact) mass is 281 g/mol. The number of methoxy groups -OCH3 is 2. The highest BCUT2D eigenvalue weighted by Crippen LogP contribution is 2.23. The van der Waals surface area contributed by atoms with E-state index in [0.717, 1.165) is 30.2 Å². The van der Waals surface area contributed by atoms with Crippen LogP contribution in [-0.2, 0) is 16.0 Å². The summed E-state index contributed by atoms with van der Waals surface area (Å²) in [5.74, 6) is 1.12. The molecule has 5 nitrogen and oxygen atoms in total. The highest BCUT2D eigenvalue weighted by Gasteiger charge is 2.32. The van der Waals surface area contributed by atoms with Crippen LogP contribution < -0.4 is 14.8 Å². The molecule has 0 bridgehead atoms. The van der Waals surface area contributed by atoms with Crippen LogP contribution in [0.25, 0.3) is 0 Å². The van der Waals surface area contributed by atoms with Crippen molar-refractivity contribution in [1.82, 2.24) is 5.32 Å². The molecule has 0 aliphatic carbocycles. The molecule has 1 aromatic carbocycles. The molecule has 20 heavy (non-hydrogen) atoms. The van der Waals surface area contributed by atoms with Gasteiger partial charge in [-0.1, -0.05) is 0 Å². The summed E-state index contributed by atoms with van der Waals surface area (Å²) in [5, 5.41) is 3.37. The molecule has 1 atom stereocenters. The minimum absolute atomic E-state index is 0.0949. The number of rotatable bonds is 6. The molecule has 1 aromatic rings. The van der Waals surface area contributed by atoms with Gasteiger partial charge in [-0.15, -0.1) is 0 Å². The van der Waals surface area contributed by atoms with Crippen molar-refractivity contribution < 1.29 is 18.9 Å². The van der Waals surface area contributed by atoms with Crippen LogP contribution in [-0.4, -0.2) is 39.3 Å². The molecular formula is C15H23NO4. The zero-order chi connectivity index (χ0) is 14.6. The Morgan fingerprint density at radius 1 is 1.20 bits per heavy atom. The Kier molecular flexibility index (Phi) is 4.86. The molecule has 1 N–H and O–H groups in total. The second kappa shape index (κ2) is 6.43. The first kappa shape index (κ1) is 15.1. The lowest BCUT2D eigenvalue weighted by molar-refractivity contribution is -0.137. The van der Waals surface area contributed by atoms with Crippen molar-refractivity contribution in [2.24, 2.45) is 0 Å². The fourth-order valence-electron chi connectivity index (χ4n) is 2.21. The number of hydrogen-bond donors (Lipinski definition) is 1. The first-order valence-corrected chi connectivity index (χ1v) is 6.77. The number of nitrogens with one attached hydrogen (secondary N) is 1. The van der Waals surface area contributed by atoms with Crippen LogP contribution in [0.1, 0.15) is 19.4 Å². The summed E-state index contributed by atoms with van der Waals surface area (Å²) in [4.78, 5) is 0. The van der Waals surface area contributed by atoms with Gasteiger partial charge in [0.15, 0.2) is 5.79 Å². The normalized spacial score (nSPS) is 20.9. The Hall–Kier alpha value is -1.30. The Bertz CT molecular complexity index is 425. The van der Waals surface area contributed by atoms with Crippen LogP contribution in [0.3, 0.4) is 0 Å². The fourth-order valence-corrected chi connectivity index (χ4v) is 2.21. The zero-order valence-corrected chi connectivity index (χ0v) is 12.6. The van der Waals surface area contributed by atoms with E-state index >= 15 is 0 Å². The third kappa shape index (κ3) is 4.10. The summed E-state index contributed by atoms with van der Waals surface area (Å²) in [5.41, 5.74) is 1.11. The van der Waals surface area contributed by atoms with Crippen molar-refractivity contribution in [3.05, 3.63) is 23.8 Å². The fraction of sp³-hybridized carbons (Fsp3) is 0.600. The van der Waals surface area contributed by atoms with Crippen molar-refractivity contribution in [3.8, 4) is 11.5 Å². The average Bonchev–Trinajstić information content (AvgIpc) is 2.77. The van der Waals surface area contributed by atoms with E-state index in [-0.39, 0.29) is 6.10 Å². The molecule has 5 heteroatoms. The second-order valence-electron chi connectivity index (χ2n) is 5.30. The smallest absolute Gasteiger partial charge is 0.163 e. The van der Waals surface area contributed by atoms with Gasteiger partial charge >= 0.3 is 0 Å². The van der Waals surface area contributed by atoms with Gasteiger partial charge in [-0.05, 0) is 31.5 Å². The summed E-state index contributed by atoms with van der Waals surface area (Å²) in [6.07, 6.45) is 0.0949. The van der Waals surface area contributed by atoms with E-state index in [9.17, 15) is 0 Å². The van der Waals surface area contributed by atoms with Crippen LogP contribution in [0.15, 0.2) is 18.2 Å². The Labute approximate surface area is 120 Å². The summed E-state index contributed by atoms with van der Waals surface area (Å²) in [6, 6.07) is 5.84. The Balaban J connectivity index is 1.85. The molecule has 0 amide bonds. The molecule has 1 fully saturated rings. The topological polar surface area (TPSA) is 49.0 Å². The van der Waals surface area contributed by atoms with E-state index in [1.807, 2.05) is 32.0 Å². The lowest BCUT2D eigenvalue weighted by Gasteiger charge is -2.17. The molecule has 1 unspecified atom stereocenters. The maximum Gasteiger partial charge on any atom is 0.163 e. The van der Waals surface area contributed by atoms with Crippen molar-refractivity contribution in [3.63, 3.8) is 0 Å². The van der Waals surface area contributed by atoms with Crippen molar-refractivity contribution in [2.45, 2.75) is 32.3 Å². The van der Waals surface area contributed by atoms with E-state index in [4.69, 9.17) is 18.9 Å². The minimum Gasteiger partial charge on any atom is -0.497 e. The molecule has 0 radical (unpaired) electrons. The van der Waals surface area contributed by atoms with E-state index in [0.29, 0.717) is 6.61 Å². The number of benzene rings is 1. The predicted octanol–water partition coefficient (Wildman–Crippen LogP) is 1.94. The van der Waals surface area contributed by atoms with Gasteiger partial charge in [0.05, 0.1) is 26.9 Å². The summed E-state index contributed by atoms with van der Waals surface area (Å²) >= 11 is 0. The molecule has 112 valence electrons. The van der Waals surface area contributed by atoms with Gasteiger partial charge in [-0.2, -0.15) is 0 Å². The van der Waals surface area contributed by atoms with Crippen LogP contribution in [0, 0.1) is 0 Å². The lowest BCUT2D eigenvalue weighted by atomic mass is 10.2. The van der Waals surface area contributed by atoms with Crippen LogP contribution in [0.5, 0.6) is 11.5 Å². The molecule has 1 aliphatic rings. The van der Waals surface area contributed by atoms with Crippen molar-refractivity contribution in [1.29, 1.82) is 0 Å². The van der Waals surface area contributed by atoms with Gasteiger partial charge in [-0.25, -0.2) is 0 Å². The third-order valence-corrected chi connectivity index (χ3v) is 3.18. The first-order chi connectivity index (χ1) is 9.52. The molecule has 0 aromatic heterocycles. The van der Waals surface area contributed by atoms with Crippen molar-refractivity contribution >= 4 is 0 Å². The van der Waals surface area contributed by atoms with E-state index in [1.54, 1.807) is 14.2 Å². The summed E-state index contributed by atoms with van der Waals surface area (Å²) in [6.45, 7) is 5.97. The summed E-state index contributed by atoms with van der Waals surface area (Å²) < 4.78 is 21.8. The summed E-state index contributed by atoms with van der Waals surface area (Å²) in [7, 11) is 3.30. The largest absolute Gasteiger partial charge is 0.497 e. The average molecular weight is 281 g/mol. The highest BCUT2D eigenvalue weighted by molar-refractivity contribution is 5.38. The van der Waals surface area contributed by atoms with Gasteiger partial charge in [-0.3, -0.25) is 0 Å². The van der Waals surface area contributed by atoms with E-state index in [2.05, 4.69) is 5.32 Å². The molecule has 1 heterocycles. The maximum atomic E-state index is 5.74. The molecule has 1 aliphatic heterocycles. The van der Waals surface area contributed by atoms with E-state index < -0.39 is 5.79 Å². The molecule has 2 rings (SSSR count). The molecule has 0 spiro atoms. The minimum atomic E-state index is -0.467. The number of ether oxygens (including phenoxy) is 4. The second-order valence-corrected chi connectivity index (χ2v) is 5.30. The Morgan fingerprint density at radius 3 is 2.35 bits per heavy atom. The maximum absolute atomic E-state index is 5.74. The molecule has 0 saturated carbocycles. The lowest BCUT2D eigenvalue weighted by Crippen LogP contribution is -2.30. The van der Waals surface area contributed by atoms with E-state index in [1.165, 1.54) is 0 Å². The number of hydrogen-bond acceptors (Lipinski definition) is 5. The van der Waals surface area contributed by atoms with Gasteiger partial charge in [0.1, 0.15) is 11.5 Å². The van der Waals surface area contributed by atoms with Crippen LogP contribution in [0.2, 0.25) is 0 Å². The zero-order valence-electron chi connectivity index (χ0n) is 12.6. The van der Waals surface area contributed by atoms with Crippen LogP contribution in [0.4, 0.5) is 0 Å². The van der Waals surface area contributed by atoms with Gasteiger partial charge in [0.2, 0.25) is 0 Å². The van der Waals surface area contributed by atoms with Gasteiger partial charge in [0, 0.05) is 19.2 Å². The third-order valence-electron chi connectivity index (χ3n) is 3.18. The predicted molar refractivity (Wildman–Crippen MR) is 76.2 cm³/mol. The highest BCUT2D eigenvalue weighted by atomic mass is 16.7. The first-order valence-electron chi connectivity index (χ1n) is 6.77. The molecular weight excluding hydrogens is 258 g/mol. The van der Waals surface area contributed by atoms with Crippen LogP contribution >= 0.6 is 0 Å².